The Bertz CT molecular complexity index is 298. The summed E-state index contributed by atoms with van der Waals surface area (Å²) in [5.74, 6) is 0. The van der Waals surface area contributed by atoms with Gasteiger partial charge in [0, 0.05) is 0 Å². The van der Waals surface area contributed by atoms with Crippen molar-refractivity contribution in [3.05, 3.63) is 0 Å². The minimum absolute atomic E-state index is 0.0289. The molecule has 0 atom stereocenters. The first-order valence-electron chi connectivity index (χ1n) is 2.77. The highest BCUT2D eigenvalue weighted by Gasteiger charge is 1.98. The summed E-state index contributed by atoms with van der Waals surface area (Å²) in [5, 5.41) is 0. The third-order valence-electron chi connectivity index (χ3n) is 0.477. The molecule has 0 saturated heterocycles. The molecule has 0 bridgehead atoms. The first-order valence-corrected chi connectivity index (χ1v) is 5.50. The first-order chi connectivity index (χ1) is 5.62. The van der Waals surface area contributed by atoms with Gasteiger partial charge in [0.2, 0.25) is 0 Å². The van der Waals surface area contributed by atoms with E-state index in [9.17, 15) is 16.8 Å². The Labute approximate surface area is 76.4 Å². The third-order valence-corrected chi connectivity index (χ3v) is 1.43. The predicted molar refractivity (Wildman–Crippen MR) is 41.7 cm³/mol. The molecule has 0 aliphatic carbocycles. The Hall–Kier alpha value is -0.260. The SMILES string of the molecule is CCOS(=O)(=O)O.COS(=O)(=O)O. The van der Waals surface area contributed by atoms with E-state index in [2.05, 4.69) is 8.37 Å². The van der Waals surface area contributed by atoms with Crippen molar-refractivity contribution in [3.8, 4) is 0 Å². The Kier molecular flexibility index (Phi) is 7.30. The van der Waals surface area contributed by atoms with E-state index in [1.807, 2.05) is 0 Å². The largest absolute Gasteiger partial charge is 0.397 e. The van der Waals surface area contributed by atoms with Crippen LogP contribution < -0.4 is 0 Å². The minimum Gasteiger partial charge on any atom is -0.264 e. The zero-order valence-corrected chi connectivity index (χ0v) is 8.50. The highest BCUT2D eigenvalue weighted by molar-refractivity contribution is 7.81. The molecule has 0 aliphatic rings. The summed E-state index contributed by atoms with van der Waals surface area (Å²) in [4.78, 5) is 0. The molecule has 0 rings (SSSR count). The molecule has 0 unspecified atom stereocenters. The molecular weight excluding hydrogens is 228 g/mol. The summed E-state index contributed by atoms with van der Waals surface area (Å²) < 4.78 is 60.4. The summed E-state index contributed by atoms with van der Waals surface area (Å²) in [5.41, 5.74) is 0. The van der Waals surface area contributed by atoms with E-state index in [0.717, 1.165) is 7.11 Å². The summed E-state index contributed by atoms with van der Waals surface area (Å²) in [6, 6.07) is 0. The molecule has 10 heteroatoms. The van der Waals surface area contributed by atoms with Gasteiger partial charge in [0.1, 0.15) is 0 Å². The van der Waals surface area contributed by atoms with E-state index in [-0.39, 0.29) is 6.61 Å². The summed E-state index contributed by atoms with van der Waals surface area (Å²) in [7, 11) is -7.47. The molecule has 8 nitrogen and oxygen atoms in total. The molecular formula is C3H10O8S2. The zero-order valence-electron chi connectivity index (χ0n) is 6.87. The van der Waals surface area contributed by atoms with E-state index in [1.165, 1.54) is 6.92 Å². The fourth-order valence-corrected chi connectivity index (χ4v) is 0.447. The van der Waals surface area contributed by atoms with Gasteiger partial charge in [-0.3, -0.25) is 13.3 Å². The van der Waals surface area contributed by atoms with Crippen molar-refractivity contribution >= 4 is 20.8 Å². The molecule has 13 heavy (non-hydrogen) atoms. The van der Waals surface area contributed by atoms with Crippen molar-refractivity contribution < 1.29 is 34.3 Å². The second-order valence-corrected chi connectivity index (χ2v) is 3.71. The van der Waals surface area contributed by atoms with Gasteiger partial charge in [0.15, 0.2) is 0 Å². The van der Waals surface area contributed by atoms with Gasteiger partial charge in [0.05, 0.1) is 13.7 Å². The van der Waals surface area contributed by atoms with Gasteiger partial charge in [-0.05, 0) is 6.92 Å². The normalized spacial score (nSPS) is 11.7. The van der Waals surface area contributed by atoms with Gasteiger partial charge < -0.3 is 0 Å². The lowest BCUT2D eigenvalue weighted by molar-refractivity contribution is 0.283. The van der Waals surface area contributed by atoms with E-state index in [0.29, 0.717) is 0 Å². The molecule has 0 aliphatic heterocycles. The molecule has 0 saturated carbocycles. The van der Waals surface area contributed by atoms with Gasteiger partial charge in [0.25, 0.3) is 0 Å². The molecule has 0 aromatic carbocycles. The van der Waals surface area contributed by atoms with Crippen LogP contribution in [-0.2, 0) is 29.2 Å². The highest BCUT2D eigenvalue weighted by Crippen LogP contribution is 1.81. The van der Waals surface area contributed by atoms with Crippen LogP contribution in [0.5, 0.6) is 0 Å². The number of hydrogen-bond donors (Lipinski definition) is 2. The van der Waals surface area contributed by atoms with Crippen LogP contribution in [-0.4, -0.2) is 39.7 Å². The van der Waals surface area contributed by atoms with Crippen LogP contribution in [0.4, 0.5) is 0 Å². The maximum absolute atomic E-state index is 9.56. The standard InChI is InChI=1S/C2H6O4S.CH4O4S/c1-2-6-7(3,4)5;1-5-6(2,3)4/h2H2,1H3,(H,3,4,5);1H3,(H,2,3,4). The molecule has 0 aromatic rings. The second-order valence-electron chi connectivity index (χ2n) is 1.43. The summed E-state index contributed by atoms with van der Waals surface area (Å²) >= 11 is 0. The molecule has 0 amide bonds. The Morgan fingerprint density at radius 3 is 1.38 bits per heavy atom. The number of rotatable bonds is 3. The maximum Gasteiger partial charge on any atom is 0.397 e. The quantitative estimate of drug-likeness (QED) is 0.615. The van der Waals surface area contributed by atoms with Crippen LogP contribution in [0.3, 0.4) is 0 Å². The van der Waals surface area contributed by atoms with Crippen LogP contribution in [0, 0.1) is 0 Å². The molecule has 82 valence electrons. The van der Waals surface area contributed by atoms with Gasteiger partial charge in [-0.2, -0.15) is 16.8 Å². The van der Waals surface area contributed by atoms with Gasteiger partial charge in [-0.25, -0.2) is 4.18 Å². The average Bonchev–Trinajstić information content (AvgIpc) is 1.84. The van der Waals surface area contributed by atoms with Crippen LogP contribution in [0.25, 0.3) is 0 Å². The van der Waals surface area contributed by atoms with Crippen LogP contribution in [0.2, 0.25) is 0 Å². The molecule has 0 radical (unpaired) electrons. The van der Waals surface area contributed by atoms with E-state index in [4.69, 9.17) is 9.11 Å². The van der Waals surface area contributed by atoms with Gasteiger partial charge >= 0.3 is 20.8 Å². The van der Waals surface area contributed by atoms with Gasteiger partial charge in [-0.1, -0.05) is 0 Å². The lowest BCUT2D eigenvalue weighted by Crippen LogP contribution is -2.01. The van der Waals surface area contributed by atoms with Gasteiger partial charge in [-0.15, -0.1) is 0 Å². The van der Waals surface area contributed by atoms with E-state index >= 15 is 0 Å². The lowest BCUT2D eigenvalue weighted by Gasteiger charge is -1.88. The summed E-state index contributed by atoms with van der Waals surface area (Å²) in [6.45, 7) is 1.44. The monoisotopic (exact) mass is 238 g/mol. The first kappa shape index (κ1) is 15.2. The predicted octanol–water partition coefficient (Wildman–Crippen LogP) is -0.739. The molecule has 0 spiro atoms. The van der Waals surface area contributed by atoms with Crippen LogP contribution in [0.15, 0.2) is 0 Å². The maximum atomic E-state index is 9.56. The van der Waals surface area contributed by atoms with Crippen molar-refractivity contribution in [1.29, 1.82) is 0 Å². The molecule has 0 fully saturated rings. The van der Waals surface area contributed by atoms with E-state index < -0.39 is 20.8 Å². The fraction of sp³-hybridized carbons (Fsp3) is 1.00. The van der Waals surface area contributed by atoms with Crippen molar-refractivity contribution in [2.75, 3.05) is 13.7 Å². The lowest BCUT2D eigenvalue weighted by atomic mass is 10.9. The highest BCUT2D eigenvalue weighted by atomic mass is 32.3. The van der Waals surface area contributed by atoms with Crippen LogP contribution >= 0.6 is 0 Å². The topological polar surface area (TPSA) is 127 Å². The number of hydrogen-bond acceptors (Lipinski definition) is 6. The molecule has 2 N–H and O–H groups in total. The molecule has 0 aromatic heterocycles. The third kappa shape index (κ3) is 24.5. The van der Waals surface area contributed by atoms with Crippen LogP contribution in [0.1, 0.15) is 6.92 Å². The smallest absolute Gasteiger partial charge is 0.264 e. The Morgan fingerprint density at radius 2 is 1.38 bits per heavy atom. The van der Waals surface area contributed by atoms with Crippen molar-refractivity contribution in [2.24, 2.45) is 0 Å². The fourth-order valence-electron chi connectivity index (χ4n) is 0.149. The van der Waals surface area contributed by atoms with E-state index in [1.54, 1.807) is 0 Å². The van der Waals surface area contributed by atoms with Crippen molar-refractivity contribution in [3.63, 3.8) is 0 Å². The Balaban J connectivity index is 0. The Morgan fingerprint density at radius 1 is 1.08 bits per heavy atom. The zero-order chi connectivity index (χ0) is 11.1. The average molecular weight is 238 g/mol. The van der Waals surface area contributed by atoms with Crippen molar-refractivity contribution in [1.82, 2.24) is 0 Å². The van der Waals surface area contributed by atoms with Crippen molar-refractivity contribution in [2.45, 2.75) is 6.92 Å². The minimum atomic E-state index is -4.17. The summed E-state index contributed by atoms with van der Waals surface area (Å²) in [6.07, 6.45) is 0. The second kappa shape index (κ2) is 6.23. The molecule has 0 heterocycles.